The first kappa shape index (κ1) is 21.8. The first-order valence-corrected chi connectivity index (χ1v) is 11.4. The molecule has 34 heavy (non-hydrogen) atoms. The molecule has 0 bridgehead atoms. The molecule has 5 rings (SSSR count). The largest absolute Gasteiger partial charge is 0.497 e. The van der Waals surface area contributed by atoms with Crippen LogP contribution in [0, 0.1) is 0 Å². The Labute approximate surface area is 198 Å². The Morgan fingerprint density at radius 2 is 1.76 bits per heavy atom. The average Bonchev–Trinajstić information content (AvgIpc) is 3.29. The lowest BCUT2D eigenvalue weighted by atomic mass is 9.79. The Kier molecular flexibility index (Phi) is 5.80. The summed E-state index contributed by atoms with van der Waals surface area (Å²) in [5.41, 5.74) is 4.48. The number of carbonyl (C=O) groups is 2. The highest BCUT2D eigenvalue weighted by molar-refractivity contribution is 6.01. The highest BCUT2D eigenvalue weighted by Gasteiger charge is 2.42. The van der Waals surface area contributed by atoms with E-state index in [4.69, 9.17) is 4.74 Å². The number of amides is 2. The lowest BCUT2D eigenvalue weighted by Gasteiger charge is -2.39. The third-order valence-corrected chi connectivity index (χ3v) is 6.69. The molecular weight excluding hydrogens is 426 g/mol. The molecule has 0 spiro atoms. The number of H-pyrrole nitrogens is 1. The molecule has 2 N–H and O–H groups in total. The average molecular weight is 454 g/mol. The molecular formula is C28H27N3O3. The Bertz CT molecular complexity index is 1340. The lowest BCUT2D eigenvalue weighted by Crippen LogP contribution is -2.45. The van der Waals surface area contributed by atoms with Crippen molar-refractivity contribution in [2.24, 2.45) is 0 Å². The summed E-state index contributed by atoms with van der Waals surface area (Å²) in [4.78, 5) is 31.7. The van der Waals surface area contributed by atoms with Gasteiger partial charge in [-0.05, 0) is 47.4 Å². The first-order chi connectivity index (χ1) is 16.6. The maximum atomic E-state index is 13.6. The summed E-state index contributed by atoms with van der Waals surface area (Å²) >= 11 is 0. The van der Waals surface area contributed by atoms with Crippen LogP contribution in [-0.2, 0) is 11.2 Å². The Balaban J connectivity index is 1.43. The molecule has 6 nitrogen and oxygen atoms in total. The molecule has 1 aromatic heterocycles. The fourth-order valence-electron chi connectivity index (χ4n) is 4.94. The van der Waals surface area contributed by atoms with Gasteiger partial charge in [-0.3, -0.25) is 9.59 Å². The van der Waals surface area contributed by atoms with E-state index in [0.717, 1.165) is 22.4 Å². The van der Waals surface area contributed by atoms with E-state index in [1.807, 2.05) is 66.9 Å². The van der Waals surface area contributed by atoms with Crippen LogP contribution >= 0.6 is 0 Å². The van der Waals surface area contributed by atoms with E-state index < -0.39 is 12.0 Å². The van der Waals surface area contributed by atoms with Gasteiger partial charge in [0.15, 0.2) is 0 Å². The van der Waals surface area contributed by atoms with Crippen molar-refractivity contribution in [3.63, 3.8) is 0 Å². The number of rotatable bonds is 6. The standard InChI is InChI=1S/C28H27N3O3/c1-31-26(18-11-13-20(34-2)14-12-18)25(22-8-3-4-9-23(22)28(31)33)27(32)29-16-15-19-17-30-24-10-6-5-7-21(19)24/h3-14,17,25-26,30H,15-16H2,1-2H3,(H,29,32)/t25-,26-/m0/s1. The molecule has 2 heterocycles. The summed E-state index contributed by atoms with van der Waals surface area (Å²) in [6, 6.07) is 22.7. The van der Waals surface area contributed by atoms with Crippen molar-refractivity contribution in [3.05, 3.63) is 101 Å². The summed E-state index contributed by atoms with van der Waals surface area (Å²) in [6.07, 6.45) is 2.71. The molecule has 1 aliphatic heterocycles. The highest BCUT2D eigenvalue weighted by Crippen LogP contribution is 2.42. The SMILES string of the molecule is COc1ccc([C@H]2[C@@H](C(=O)NCCc3c[nH]c4ccccc34)c3ccccc3C(=O)N2C)cc1. The Morgan fingerprint density at radius 3 is 2.56 bits per heavy atom. The minimum Gasteiger partial charge on any atom is -0.497 e. The van der Waals surface area contributed by atoms with Crippen LogP contribution in [0.2, 0.25) is 0 Å². The van der Waals surface area contributed by atoms with Crippen LogP contribution in [0.3, 0.4) is 0 Å². The smallest absolute Gasteiger partial charge is 0.254 e. The van der Waals surface area contributed by atoms with Gasteiger partial charge >= 0.3 is 0 Å². The summed E-state index contributed by atoms with van der Waals surface area (Å²) in [5, 5.41) is 4.31. The van der Waals surface area contributed by atoms with Gasteiger partial charge in [-0.2, -0.15) is 0 Å². The topological polar surface area (TPSA) is 74.4 Å². The quantitative estimate of drug-likeness (QED) is 0.453. The van der Waals surface area contributed by atoms with Crippen molar-refractivity contribution < 1.29 is 14.3 Å². The highest BCUT2D eigenvalue weighted by atomic mass is 16.5. The molecule has 6 heteroatoms. The van der Waals surface area contributed by atoms with Gasteiger partial charge in [0.1, 0.15) is 5.75 Å². The van der Waals surface area contributed by atoms with Crippen LogP contribution in [0.5, 0.6) is 5.75 Å². The molecule has 2 atom stereocenters. The third kappa shape index (κ3) is 3.81. The molecule has 1 aliphatic rings. The Hall–Kier alpha value is -4.06. The van der Waals surface area contributed by atoms with E-state index in [1.165, 1.54) is 10.9 Å². The second-order valence-corrected chi connectivity index (χ2v) is 8.60. The van der Waals surface area contributed by atoms with Crippen LogP contribution in [0.1, 0.15) is 39.0 Å². The summed E-state index contributed by atoms with van der Waals surface area (Å²) < 4.78 is 5.29. The predicted octanol–water partition coefficient (Wildman–Crippen LogP) is 4.45. The van der Waals surface area contributed by atoms with E-state index in [0.29, 0.717) is 18.5 Å². The number of ether oxygens (including phenoxy) is 1. The number of hydrogen-bond acceptors (Lipinski definition) is 3. The number of likely N-dealkylation sites (N-methyl/N-ethyl adjacent to an activating group) is 1. The van der Waals surface area contributed by atoms with Gasteiger partial charge in [-0.25, -0.2) is 0 Å². The van der Waals surface area contributed by atoms with Gasteiger partial charge in [-0.1, -0.05) is 48.5 Å². The molecule has 0 fully saturated rings. The molecule has 172 valence electrons. The van der Waals surface area contributed by atoms with Gasteiger partial charge in [0.25, 0.3) is 5.91 Å². The summed E-state index contributed by atoms with van der Waals surface area (Å²) in [7, 11) is 3.38. The van der Waals surface area contributed by atoms with Gasteiger partial charge in [0, 0.05) is 36.3 Å². The number of aromatic amines is 1. The minimum absolute atomic E-state index is 0.0840. The molecule has 0 aliphatic carbocycles. The number of aromatic nitrogens is 1. The number of benzene rings is 3. The number of nitrogens with one attached hydrogen (secondary N) is 2. The minimum atomic E-state index is -0.518. The van der Waals surface area contributed by atoms with Crippen molar-refractivity contribution in [2.75, 3.05) is 20.7 Å². The fraction of sp³-hybridized carbons (Fsp3) is 0.214. The number of hydrogen-bond donors (Lipinski definition) is 2. The van der Waals surface area contributed by atoms with Gasteiger partial charge < -0.3 is 19.9 Å². The maximum absolute atomic E-state index is 13.6. The Morgan fingerprint density at radius 1 is 1.03 bits per heavy atom. The van der Waals surface area contributed by atoms with E-state index >= 15 is 0 Å². The molecule has 0 saturated heterocycles. The normalized spacial score (nSPS) is 17.5. The monoisotopic (exact) mass is 453 g/mol. The lowest BCUT2D eigenvalue weighted by molar-refractivity contribution is -0.124. The van der Waals surface area contributed by atoms with Crippen molar-refractivity contribution in [3.8, 4) is 5.75 Å². The zero-order valence-electron chi connectivity index (χ0n) is 19.2. The van der Waals surface area contributed by atoms with Gasteiger partial charge in [0.2, 0.25) is 5.91 Å². The molecule has 0 saturated carbocycles. The zero-order chi connectivity index (χ0) is 23.7. The van der Waals surface area contributed by atoms with E-state index in [2.05, 4.69) is 16.4 Å². The van der Waals surface area contributed by atoms with Crippen LogP contribution in [0.25, 0.3) is 10.9 Å². The van der Waals surface area contributed by atoms with Crippen molar-refractivity contribution in [1.29, 1.82) is 0 Å². The molecule has 0 unspecified atom stereocenters. The number of methoxy groups -OCH3 is 1. The van der Waals surface area contributed by atoms with E-state index in [9.17, 15) is 9.59 Å². The van der Waals surface area contributed by atoms with E-state index in [-0.39, 0.29) is 11.8 Å². The van der Waals surface area contributed by atoms with Gasteiger partial charge in [0.05, 0.1) is 19.1 Å². The van der Waals surface area contributed by atoms with Crippen LogP contribution in [0.15, 0.2) is 79.0 Å². The van der Waals surface area contributed by atoms with Crippen LogP contribution in [-0.4, -0.2) is 42.4 Å². The van der Waals surface area contributed by atoms with Crippen LogP contribution < -0.4 is 10.1 Å². The number of fused-ring (bicyclic) bond motifs is 2. The number of carbonyl (C=O) groups excluding carboxylic acids is 2. The van der Waals surface area contributed by atoms with E-state index in [1.54, 1.807) is 25.1 Å². The first-order valence-electron chi connectivity index (χ1n) is 11.4. The second-order valence-electron chi connectivity index (χ2n) is 8.60. The second kappa shape index (κ2) is 9.06. The predicted molar refractivity (Wildman–Crippen MR) is 132 cm³/mol. The van der Waals surface area contributed by atoms with Crippen molar-refractivity contribution >= 4 is 22.7 Å². The molecule has 3 aromatic carbocycles. The molecule has 4 aromatic rings. The van der Waals surface area contributed by atoms with Crippen LogP contribution in [0.4, 0.5) is 0 Å². The summed E-state index contributed by atoms with van der Waals surface area (Å²) in [5.74, 6) is 0.0376. The number of nitrogens with zero attached hydrogens (tertiary/aromatic N) is 1. The zero-order valence-corrected chi connectivity index (χ0v) is 19.2. The van der Waals surface area contributed by atoms with Crippen molar-refractivity contribution in [2.45, 2.75) is 18.4 Å². The molecule has 0 radical (unpaired) electrons. The van der Waals surface area contributed by atoms with Gasteiger partial charge in [-0.15, -0.1) is 0 Å². The summed E-state index contributed by atoms with van der Waals surface area (Å²) in [6.45, 7) is 0.506. The molecule has 2 amide bonds. The maximum Gasteiger partial charge on any atom is 0.254 e. The number of para-hydroxylation sites is 1. The third-order valence-electron chi connectivity index (χ3n) is 6.69. The fourth-order valence-corrected chi connectivity index (χ4v) is 4.94. The van der Waals surface area contributed by atoms with Crippen molar-refractivity contribution in [1.82, 2.24) is 15.2 Å².